The van der Waals surface area contributed by atoms with Gasteiger partial charge in [0.2, 0.25) is 0 Å². The topological polar surface area (TPSA) is 61.8 Å². The van der Waals surface area contributed by atoms with Crippen LogP contribution in [0.4, 0.5) is 0 Å². The van der Waals surface area contributed by atoms with Crippen molar-refractivity contribution in [2.24, 2.45) is 11.3 Å². The highest BCUT2D eigenvalue weighted by molar-refractivity contribution is 7.85. The van der Waals surface area contributed by atoms with Crippen molar-refractivity contribution in [2.45, 2.75) is 58.3 Å². The summed E-state index contributed by atoms with van der Waals surface area (Å²) in [6, 6.07) is 0. The molecule has 0 aromatic carbocycles. The SMILES string of the molecule is CC(C)(C)C1CCC2(CC1)OCC(COS(C)(=O)=O)O2. The molecular weight excluding hydrogens is 280 g/mol. The zero-order valence-corrected chi connectivity index (χ0v) is 13.7. The predicted molar refractivity (Wildman–Crippen MR) is 75.8 cm³/mol. The van der Waals surface area contributed by atoms with E-state index in [1.807, 2.05) is 0 Å². The Balaban J connectivity index is 1.84. The second-order valence-electron chi connectivity index (χ2n) is 7.09. The highest BCUT2D eigenvalue weighted by Crippen LogP contribution is 2.45. The summed E-state index contributed by atoms with van der Waals surface area (Å²) >= 11 is 0. The van der Waals surface area contributed by atoms with Crippen molar-refractivity contribution in [3.05, 3.63) is 0 Å². The lowest BCUT2D eigenvalue weighted by Crippen LogP contribution is -2.39. The second-order valence-corrected chi connectivity index (χ2v) is 8.73. The van der Waals surface area contributed by atoms with E-state index in [-0.39, 0.29) is 12.7 Å². The van der Waals surface area contributed by atoms with Gasteiger partial charge in [-0.15, -0.1) is 0 Å². The molecule has 1 spiro atoms. The smallest absolute Gasteiger partial charge is 0.264 e. The maximum Gasteiger partial charge on any atom is 0.264 e. The molecule has 1 saturated carbocycles. The van der Waals surface area contributed by atoms with Crippen molar-refractivity contribution in [3.63, 3.8) is 0 Å². The largest absolute Gasteiger partial charge is 0.347 e. The second kappa shape index (κ2) is 5.55. The molecule has 1 aliphatic heterocycles. The van der Waals surface area contributed by atoms with Gasteiger partial charge in [-0.1, -0.05) is 20.8 Å². The lowest BCUT2D eigenvalue weighted by Gasteiger charge is -2.41. The number of hydrogen-bond acceptors (Lipinski definition) is 5. The molecule has 6 heteroatoms. The van der Waals surface area contributed by atoms with Gasteiger partial charge in [0, 0.05) is 12.8 Å². The molecule has 1 unspecified atom stereocenters. The molecule has 1 aliphatic carbocycles. The number of rotatable bonds is 3. The molecule has 0 aromatic heterocycles. The minimum absolute atomic E-state index is 0.0449. The molecule has 1 atom stereocenters. The number of hydrogen-bond donors (Lipinski definition) is 0. The van der Waals surface area contributed by atoms with Gasteiger partial charge >= 0.3 is 0 Å². The van der Waals surface area contributed by atoms with Gasteiger partial charge < -0.3 is 9.47 Å². The van der Waals surface area contributed by atoms with Crippen molar-refractivity contribution in [3.8, 4) is 0 Å². The summed E-state index contributed by atoms with van der Waals surface area (Å²) in [6.45, 7) is 7.28. The Morgan fingerprint density at radius 1 is 1.25 bits per heavy atom. The third-order valence-electron chi connectivity index (χ3n) is 4.35. The molecule has 5 nitrogen and oxygen atoms in total. The predicted octanol–water partition coefficient (Wildman–Crippen LogP) is 2.31. The van der Waals surface area contributed by atoms with Crippen molar-refractivity contribution < 1.29 is 22.1 Å². The normalized spacial score (nSPS) is 35.6. The first-order valence-corrected chi connectivity index (χ1v) is 9.07. The molecule has 1 heterocycles. The molecule has 118 valence electrons. The van der Waals surface area contributed by atoms with Gasteiger partial charge in [0.25, 0.3) is 10.1 Å². The van der Waals surface area contributed by atoms with Crippen LogP contribution < -0.4 is 0 Å². The highest BCUT2D eigenvalue weighted by atomic mass is 32.2. The van der Waals surface area contributed by atoms with E-state index >= 15 is 0 Å². The van der Waals surface area contributed by atoms with Gasteiger partial charge in [-0.2, -0.15) is 8.42 Å². The Hall–Kier alpha value is -0.170. The summed E-state index contributed by atoms with van der Waals surface area (Å²) < 4.78 is 38.5. The number of ether oxygens (including phenoxy) is 2. The summed E-state index contributed by atoms with van der Waals surface area (Å²) in [6.07, 6.45) is 4.70. The third kappa shape index (κ3) is 4.16. The molecule has 0 bridgehead atoms. The molecule has 2 fully saturated rings. The monoisotopic (exact) mass is 306 g/mol. The van der Waals surface area contributed by atoms with Gasteiger partial charge in [0.05, 0.1) is 19.5 Å². The van der Waals surface area contributed by atoms with Crippen LogP contribution in [0.15, 0.2) is 0 Å². The fourth-order valence-corrected chi connectivity index (χ4v) is 3.48. The van der Waals surface area contributed by atoms with Crippen LogP contribution in [0.2, 0.25) is 0 Å². The molecular formula is C14H26O5S. The maximum absolute atomic E-state index is 11.0. The zero-order chi connectivity index (χ0) is 15.0. The quantitative estimate of drug-likeness (QED) is 0.749. The molecule has 1 saturated heterocycles. The summed E-state index contributed by atoms with van der Waals surface area (Å²) in [7, 11) is -3.42. The van der Waals surface area contributed by atoms with Gasteiger partial charge in [0.15, 0.2) is 5.79 Å². The van der Waals surface area contributed by atoms with Gasteiger partial charge in [-0.05, 0) is 24.2 Å². The molecule has 0 radical (unpaired) electrons. The fourth-order valence-electron chi connectivity index (χ4n) is 3.08. The Bertz CT molecular complexity index is 429. The molecule has 20 heavy (non-hydrogen) atoms. The average Bonchev–Trinajstić information content (AvgIpc) is 2.69. The van der Waals surface area contributed by atoms with Gasteiger partial charge in [0.1, 0.15) is 6.10 Å². The first-order chi connectivity index (χ1) is 9.10. The van der Waals surface area contributed by atoms with E-state index in [0.29, 0.717) is 17.9 Å². The molecule has 0 N–H and O–H groups in total. The third-order valence-corrected chi connectivity index (χ3v) is 4.92. The Labute approximate surface area is 122 Å². The molecule has 0 amide bonds. The van der Waals surface area contributed by atoms with Crippen LogP contribution in [0.25, 0.3) is 0 Å². The van der Waals surface area contributed by atoms with E-state index in [1.54, 1.807) is 0 Å². The summed E-state index contributed by atoms with van der Waals surface area (Å²) in [4.78, 5) is 0. The van der Waals surface area contributed by atoms with Crippen molar-refractivity contribution in [1.82, 2.24) is 0 Å². The van der Waals surface area contributed by atoms with Crippen molar-refractivity contribution >= 4 is 10.1 Å². The minimum Gasteiger partial charge on any atom is -0.347 e. The first kappa shape index (κ1) is 16.2. The van der Waals surface area contributed by atoms with Crippen LogP contribution in [0.3, 0.4) is 0 Å². The van der Waals surface area contributed by atoms with E-state index in [4.69, 9.17) is 13.7 Å². The maximum atomic E-state index is 11.0. The molecule has 2 rings (SSSR count). The first-order valence-electron chi connectivity index (χ1n) is 7.26. The Morgan fingerprint density at radius 2 is 1.85 bits per heavy atom. The lowest BCUT2D eigenvalue weighted by atomic mass is 9.71. The Kier molecular flexibility index (Phi) is 4.50. The fraction of sp³-hybridized carbons (Fsp3) is 1.00. The molecule has 0 aromatic rings. The zero-order valence-electron chi connectivity index (χ0n) is 12.8. The van der Waals surface area contributed by atoms with Gasteiger partial charge in [-0.25, -0.2) is 0 Å². The van der Waals surface area contributed by atoms with E-state index < -0.39 is 15.9 Å². The van der Waals surface area contributed by atoms with E-state index in [1.165, 1.54) is 0 Å². The summed E-state index contributed by atoms with van der Waals surface area (Å²) in [5, 5.41) is 0. The van der Waals surface area contributed by atoms with Crippen LogP contribution in [0, 0.1) is 11.3 Å². The van der Waals surface area contributed by atoms with Crippen LogP contribution >= 0.6 is 0 Å². The van der Waals surface area contributed by atoms with Crippen LogP contribution in [-0.2, 0) is 23.8 Å². The van der Waals surface area contributed by atoms with Crippen molar-refractivity contribution in [2.75, 3.05) is 19.5 Å². The van der Waals surface area contributed by atoms with Crippen LogP contribution in [-0.4, -0.2) is 39.8 Å². The molecule has 2 aliphatic rings. The van der Waals surface area contributed by atoms with Gasteiger partial charge in [-0.3, -0.25) is 4.18 Å². The summed E-state index contributed by atoms with van der Waals surface area (Å²) in [5.41, 5.74) is 0.318. The standard InChI is InChI=1S/C14H26O5S/c1-13(2,3)11-5-7-14(8-6-11)17-9-12(19-14)10-18-20(4,15)16/h11-12H,5-10H2,1-4H3. The van der Waals surface area contributed by atoms with E-state index in [0.717, 1.165) is 31.9 Å². The Morgan fingerprint density at radius 3 is 2.35 bits per heavy atom. The average molecular weight is 306 g/mol. The van der Waals surface area contributed by atoms with Crippen LogP contribution in [0.5, 0.6) is 0 Å². The van der Waals surface area contributed by atoms with Crippen molar-refractivity contribution in [1.29, 1.82) is 0 Å². The van der Waals surface area contributed by atoms with E-state index in [9.17, 15) is 8.42 Å². The van der Waals surface area contributed by atoms with E-state index in [2.05, 4.69) is 20.8 Å². The highest BCUT2D eigenvalue weighted by Gasteiger charge is 2.46. The van der Waals surface area contributed by atoms with Crippen LogP contribution in [0.1, 0.15) is 46.5 Å². The summed E-state index contributed by atoms with van der Waals surface area (Å²) in [5.74, 6) is 0.180. The minimum atomic E-state index is -3.42. The lowest BCUT2D eigenvalue weighted by molar-refractivity contribution is -0.198.